The minimum Gasteiger partial charge on any atom is -0.389 e. The fourth-order valence-corrected chi connectivity index (χ4v) is 1.48. The standard InChI is InChI=1S/C11H14N2O.ClH/c14-10-7-12-11(13-8-10)6-9-4-2-1-3-5-9;/h1-5,10,14H,6-8H2,(H,12,13);1H. The summed E-state index contributed by atoms with van der Waals surface area (Å²) in [6, 6.07) is 10.2. The average molecular weight is 227 g/mol. The van der Waals surface area contributed by atoms with Gasteiger partial charge in [-0.3, -0.25) is 4.99 Å². The summed E-state index contributed by atoms with van der Waals surface area (Å²) in [7, 11) is 0. The molecule has 4 heteroatoms. The average Bonchev–Trinajstić information content (AvgIpc) is 2.23. The third-order valence-corrected chi connectivity index (χ3v) is 2.25. The molecule has 1 aliphatic rings. The van der Waals surface area contributed by atoms with Crippen molar-refractivity contribution in [2.24, 2.45) is 4.99 Å². The molecule has 2 N–H and O–H groups in total. The van der Waals surface area contributed by atoms with E-state index in [0.29, 0.717) is 13.1 Å². The van der Waals surface area contributed by atoms with E-state index in [1.807, 2.05) is 18.2 Å². The van der Waals surface area contributed by atoms with Crippen molar-refractivity contribution in [1.82, 2.24) is 5.32 Å². The molecule has 2 rings (SSSR count). The summed E-state index contributed by atoms with van der Waals surface area (Å²) in [5.41, 5.74) is 1.25. The van der Waals surface area contributed by atoms with Gasteiger partial charge in [-0.05, 0) is 5.56 Å². The van der Waals surface area contributed by atoms with Crippen molar-refractivity contribution >= 4 is 18.2 Å². The molecule has 0 saturated carbocycles. The lowest BCUT2D eigenvalue weighted by atomic mass is 10.1. The molecule has 1 aromatic rings. The first-order chi connectivity index (χ1) is 6.84. The summed E-state index contributed by atoms with van der Waals surface area (Å²) in [6.07, 6.45) is 0.502. The number of hydrogen-bond donors (Lipinski definition) is 2. The molecule has 1 atom stereocenters. The molecule has 1 heterocycles. The van der Waals surface area contributed by atoms with Crippen molar-refractivity contribution in [2.45, 2.75) is 12.5 Å². The van der Waals surface area contributed by atoms with E-state index in [0.717, 1.165) is 12.3 Å². The molecule has 15 heavy (non-hydrogen) atoms. The second kappa shape index (κ2) is 5.73. The molecular formula is C11H15ClN2O. The maximum atomic E-state index is 9.22. The van der Waals surface area contributed by atoms with E-state index in [9.17, 15) is 5.11 Å². The summed E-state index contributed by atoms with van der Waals surface area (Å²) < 4.78 is 0. The van der Waals surface area contributed by atoms with Gasteiger partial charge in [-0.1, -0.05) is 30.3 Å². The van der Waals surface area contributed by atoms with Gasteiger partial charge < -0.3 is 10.4 Å². The summed E-state index contributed by atoms with van der Waals surface area (Å²) >= 11 is 0. The number of amidine groups is 1. The van der Waals surface area contributed by atoms with Crippen molar-refractivity contribution in [1.29, 1.82) is 0 Å². The zero-order chi connectivity index (χ0) is 9.80. The van der Waals surface area contributed by atoms with Gasteiger partial charge in [-0.25, -0.2) is 0 Å². The molecule has 82 valence electrons. The lowest BCUT2D eigenvalue weighted by Gasteiger charge is -2.18. The van der Waals surface area contributed by atoms with E-state index in [2.05, 4.69) is 22.4 Å². The number of aliphatic hydroxyl groups excluding tert-OH is 1. The van der Waals surface area contributed by atoms with E-state index >= 15 is 0 Å². The Hall–Kier alpha value is -1.06. The number of hydrogen-bond acceptors (Lipinski definition) is 3. The van der Waals surface area contributed by atoms with Gasteiger partial charge in [0, 0.05) is 13.0 Å². The van der Waals surface area contributed by atoms with Crippen LogP contribution >= 0.6 is 12.4 Å². The predicted octanol–water partition coefficient (Wildman–Crippen LogP) is 1.01. The maximum absolute atomic E-state index is 9.22. The van der Waals surface area contributed by atoms with Crippen LogP contribution in [-0.2, 0) is 6.42 Å². The quantitative estimate of drug-likeness (QED) is 0.791. The number of halogens is 1. The van der Waals surface area contributed by atoms with Gasteiger partial charge >= 0.3 is 0 Å². The van der Waals surface area contributed by atoms with Crippen LogP contribution in [0.25, 0.3) is 0 Å². The smallest absolute Gasteiger partial charge is 0.101 e. The topological polar surface area (TPSA) is 44.6 Å². The van der Waals surface area contributed by atoms with Crippen LogP contribution in [0.3, 0.4) is 0 Å². The minimum atomic E-state index is -0.325. The fraction of sp³-hybridized carbons (Fsp3) is 0.364. The van der Waals surface area contributed by atoms with Gasteiger partial charge in [0.25, 0.3) is 0 Å². The predicted molar refractivity (Wildman–Crippen MR) is 63.7 cm³/mol. The molecule has 0 aliphatic carbocycles. The number of rotatable bonds is 2. The molecule has 0 fully saturated rings. The van der Waals surface area contributed by atoms with Gasteiger partial charge in [-0.15, -0.1) is 12.4 Å². The van der Waals surface area contributed by atoms with E-state index in [-0.39, 0.29) is 18.5 Å². The molecule has 1 aromatic carbocycles. The Morgan fingerprint density at radius 2 is 2.07 bits per heavy atom. The van der Waals surface area contributed by atoms with Crippen LogP contribution in [0.15, 0.2) is 35.3 Å². The van der Waals surface area contributed by atoms with E-state index in [1.165, 1.54) is 5.56 Å². The van der Waals surface area contributed by atoms with Crippen LogP contribution in [0.4, 0.5) is 0 Å². The first-order valence-corrected chi connectivity index (χ1v) is 4.84. The van der Waals surface area contributed by atoms with Crippen LogP contribution in [-0.4, -0.2) is 30.1 Å². The monoisotopic (exact) mass is 226 g/mol. The van der Waals surface area contributed by atoms with Crippen molar-refractivity contribution in [3.63, 3.8) is 0 Å². The third kappa shape index (κ3) is 3.53. The van der Waals surface area contributed by atoms with E-state index < -0.39 is 0 Å². The number of aliphatic hydroxyl groups is 1. The van der Waals surface area contributed by atoms with Crippen LogP contribution in [0.2, 0.25) is 0 Å². The Morgan fingerprint density at radius 1 is 1.33 bits per heavy atom. The zero-order valence-electron chi connectivity index (χ0n) is 8.39. The maximum Gasteiger partial charge on any atom is 0.101 e. The normalized spacial score (nSPS) is 19.8. The third-order valence-electron chi connectivity index (χ3n) is 2.25. The fourth-order valence-electron chi connectivity index (χ4n) is 1.48. The number of benzene rings is 1. The highest BCUT2D eigenvalue weighted by molar-refractivity contribution is 5.85. The SMILES string of the molecule is Cl.OC1CN=C(Cc2ccccc2)NC1. The van der Waals surface area contributed by atoms with E-state index in [4.69, 9.17) is 0 Å². The van der Waals surface area contributed by atoms with Gasteiger partial charge in [0.1, 0.15) is 5.84 Å². The first-order valence-electron chi connectivity index (χ1n) is 4.84. The van der Waals surface area contributed by atoms with Crippen LogP contribution < -0.4 is 5.32 Å². The van der Waals surface area contributed by atoms with Crippen LogP contribution in [0, 0.1) is 0 Å². The molecule has 1 aliphatic heterocycles. The summed E-state index contributed by atoms with van der Waals surface area (Å²) in [4.78, 5) is 4.26. The molecule has 0 saturated heterocycles. The number of nitrogens with one attached hydrogen (secondary N) is 1. The van der Waals surface area contributed by atoms with E-state index in [1.54, 1.807) is 0 Å². The van der Waals surface area contributed by atoms with Crippen molar-refractivity contribution in [3.05, 3.63) is 35.9 Å². The highest BCUT2D eigenvalue weighted by Gasteiger charge is 2.11. The minimum absolute atomic E-state index is 0. The molecule has 1 unspecified atom stereocenters. The Balaban J connectivity index is 0.00000112. The number of nitrogens with zero attached hydrogens (tertiary/aromatic N) is 1. The highest BCUT2D eigenvalue weighted by atomic mass is 35.5. The van der Waals surface area contributed by atoms with Crippen molar-refractivity contribution in [2.75, 3.05) is 13.1 Å². The Labute approximate surface area is 95.6 Å². The second-order valence-electron chi connectivity index (χ2n) is 3.48. The number of aliphatic imine (C=N–C) groups is 1. The number of β-amino-alcohol motifs (C(OH)–C–C–N with tert-alkyl or cyclic N) is 1. The Morgan fingerprint density at radius 3 is 2.67 bits per heavy atom. The molecule has 0 radical (unpaired) electrons. The highest BCUT2D eigenvalue weighted by Crippen LogP contribution is 2.02. The Bertz CT molecular complexity index is 327. The molecule has 3 nitrogen and oxygen atoms in total. The Kier molecular flexibility index (Phi) is 4.59. The van der Waals surface area contributed by atoms with Crippen molar-refractivity contribution < 1.29 is 5.11 Å². The second-order valence-corrected chi connectivity index (χ2v) is 3.48. The molecule has 0 spiro atoms. The van der Waals surface area contributed by atoms with Gasteiger partial charge in [0.15, 0.2) is 0 Å². The first kappa shape index (κ1) is 12.0. The van der Waals surface area contributed by atoms with Crippen molar-refractivity contribution in [3.8, 4) is 0 Å². The summed E-state index contributed by atoms with van der Waals surface area (Å²) in [5.74, 6) is 0.974. The van der Waals surface area contributed by atoms with Crippen LogP contribution in [0.5, 0.6) is 0 Å². The van der Waals surface area contributed by atoms with Crippen LogP contribution in [0.1, 0.15) is 5.56 Å². The zero-order valence-corrected chi connectivity index (χ0v) is 9.20. The molecular weight excluding hydrogens is 212 g/mol. The lowest BCUT2D eigenvalue weighted by molar-refractivity contribution is 0.181. The summed E-state index contributed by atoms with van der Waals surface area (Å²) in [6.45, 7) is 1.14. The summed E-state index contributed by atoms with van der Waals surface area (Å²) in [5, 5.41) is 12.3. The molecule has 0 bridgehead atoms. The van der Waals surface area contributed by atoms with Gasteiger partial charge in [0.2, 0.25) is 0 Å². The van der Waals surface area contributed by atoms with Gasteiger partial charge in [-0.2, -0.15) is 0 Å². The largest absolute Gasteiger partial charge is 0.389 e. The van der Waals surface area contributed by atoms with Gasteiger partial charge in [0.05, 0.1) is 12.6 Å². The molecule has 0 amide bonds. The molecule has 0 aromatic heterocycles. The lowest BCUT2D eigenvalue weighted by Crippen LogP contribution is -2.39.